The van der Waals surface area contributed by atoms with Crippen molar-refractivity contribution >= 4 is 35.8 Å². The second-order valence-electron chi connectivity index (χ2n) is 6.61. The molecule has 0 heterocycles. The van der Waals surface area contributed by atoms with Crippen LogP contribution >= 0.6 is 24.0 Å². The van der Waals surface area contributed by atoms with Crippen LogP contribution in [0.4, 0.5) is 0 Å². The first-order valence-corrected chi connectivity index (χ1v) is 10.3. The van der Waals surface area contributed by atoms with Gasteiger partial charge in [-0.15, -0.1) is 24.0 Å². The quantitative estimate of drug-likeness (QED) is 0.171. The lowest BCUT2D eigenvalue weighted by molar-refractivity contribution is 0.0954. The van der Waals surface area contributed by atoms with E-state index in [0.29, 0.717) is 48.4 Å². The first-order valence-electron chi connectivity index (χ1n) is 10.3. The average Bonchev–Trinajstić information content (AvgIpc) is 2.81. The Hall–Kier alpha value is -2.69. The van der Waals surface area contributed by atoms with Crippen molar-refractivity contribution in [3.05, 3.63) is 53.6 Å². The van der Waals surface area contributed by atoms with E-state index in [0.717, 1.165) is 18.5 Å². The molecule has 0 spiro atoms. The second-order valence-corrected chi connectivity index (χ2v) is 6.61. The Morgan fingerprint density at radius 3 is 2.34 bits per heavy atom. The number of ether oxygens (including phenoxy) is 3. The Balaban J connectivity index is 0.00000512. The predicted molar refractivity (Wildman–Crippen MR) is 138 cm³/mol. The van der Waals surface area contributed by atoms with Gasteiger partial charge in [0.2, 0.25) is 0 Å². The Morgan fingerprint density at radius 1 is 0.906 bits per heavy atom. The maximum Gasteiger partial charge on any atom is 0.251 e. The van der Waals surface area contributed by atoms with Crippen LogP contribution in [0.1, 0.15) is 22.8 Å². The van der Waals surface area contributed by atoms with Gasteiger partial charge in [-0.3, -0.25) is 9.79 Å². The first-order chi connectivity index (χ1) is 15.1. The van der Waals surface area contributed by atoms with Crippen molar-refractivity contribution < 1.29 is 19.0 Å². The van der Waals surface area contributed by atoms with Gasteiger partial charge in [0, 0.05) is 31.7 Å². The van der Waals surface area contributed by atoms with Crippen molar-refractivity contribution in [2.75, 3.05) is 47.5 Å². The summed E-state index contributed by atoms with van der Waals surface area (Å²) in [7, 11) is 4.82. The molecule has 2 aromatic rings. The number of nitrogens with zero attached hydrogens (tertiary/aromatic N) is 1. The van der Waals surface area contributed by atoms with Crippen LogP contribution in [0.3, 0.4) is 0 Å². The molecule has 0 saturated heterocycles. The number of guanidine groups is 1. The molecule has 2 aromatic carbocycles. The fourth-order valence-electron chi connectivity index (χ4n) is 2.90. The summed E-state index contributed by atoms with van der Waals surface area (Å²) in [4.78, 5) is 16.8. The number of rotatable bonds is 11. The topological polar surface area (TPSA) is 93.2 Å². The van der Waals surface area contributed by atoms with Gasteiger partial charge in [-0.25, -0.2) is 0 Å². The maximum absolute atomic E-state index is 12.3. The SMILES string of the molecule is CCNC(=NCCc1ccc(OC)c(OC)c1)NCCNC(=O)c1cccc(OC)c1.I. The van der Waals surface area contributed by atoms with Crippen molar-refractivity contribution in [3.63, 3.8) is 0 Å². The van der Waals surface area contributed by atoms with Crippen LogP contribution in [0.15, 0.2) is 47.5 Å². The van der Waals surface area contributed by atoms with Crippen LogP contribution in [0.2, 0.25) is 0 Å². The van der Waals surface area contributed by atoms with Crippen LogP contribution < -0.4 is 30.2 Å². The highest BCUT2D eigenvalue weighted by molar-refractivity contribution is 14.0. The van der Waals surface area contributed by atoms with Crippen molar-refractivity contribution in [3.8, 4) is 17.2 Å². The number of nitrogens with one attached hydrogen (secondary N) is 3. The molecular weight excluding hydrogens is 523 g/mol. The molecule has 0 aromatic heterocycles. The number of amides is 1. The van der Waals surface area contributed by atoms with E-state index in [-0.39, 0.29) is 29.9 Å². The number of methoxy groups -OCH3 is 3. The average molecular weight is 556 g/mol. The Bertz CT molecular complexity index is 877. The van der Waals surface area contributed by atoms with Crippen molar-refractivity contribution in [2.45, 2.75) is 13.3 Å². The minimum Gasteiger partial charge on any atom is -0.497 e. The molecule has 3 N–H and O–H groups in total. The minimum absolute atomic E-state index is 0. The third kappa shape index (κ3) is 8.81. The van der Waals surface area contributed by atoms with Gasteiger partial charge in [0.25, 0.3) is 5.91 Å². The van der Waals surface area contributed by atoms with E-state index in [1.807, 2.05) is 25.1 Å². The number of halogens is 1. The van der Waals surface area contributed by atoms with E-state index in [1.54, 1.807) is 45.6 Å². The molecule has 176 valence electrons. The second kappa shape index (κ2) is 15.2. The van der Waals surface area contributed by atoms with Gasteiger partial charge in [-0.05, 0) is 49.2 Å². The molecule has 8 nitrogen and oxygen atoms in total. The normalized spacial score (nSPS) is 10.6. The van der Waals surface area contributed by atoms with Crippen LogP contribution in [0, 0.1) is 0 Å². The number of carbonyl (C=O) groups excluding carboxylic acids is 1. The third-order valence-electron chi connectivity index (χ3n) is 4.50. The molecule has 0 fully saturated rings. The van der Waals surface area contributed by atoms with Gasteiger partial charge in [-0.2, -0.15) is 0 Å². The van der Waals surface area contributed by atoms with Gasteiger partial charge in [-0.1, -0.05) is 12.1 Å². The molecule has 0 aliphatic carbocycles. The standard InChI is InChI=1S/C23H32N4O4.HI/c1-5-24-23(26-12-11-17-9-10-20(30-3)21(15-17)31-4)27-14-13-25-22(28)18-7-6-8-19(16-18)29-2;/h6-10,15-16H,5,11-14H2,1-4H3,(H,25,28)(H2,24,26,27);1H. The monoisotopic (exact) mass is 556 g/mol. The Labute approximate surface area is 207 Å². The van der Waals surface area contributed by atoms with Gasteiger partial charge >= 0.3 is 0 Å². The lowest BCUT2D eigenvalue weighted by atomic mass is 10.1. The summed E-state index contributed by atoms with van der Waals surface area (Å²) in [5.41, 5.74) is 1.68. The summed E-state index contributed by atoms with van der Waals surface area (Å²) < 4.78 is 15.8. The molecule has 0 aliphatic heterocycles. The summed E-state index contributed by atoms with van der Waals surface area (Å²) in [6.07, 6.45) is 0.767. The zero-order valence-electron chi connectivity index (χ0n) is 19.1. The fourth-order valence-corrected chi connectivity index (χ4v) is 2.90. The highest BCUT2D eigenvalue weighted by atomic mass is 127. The number of hydrogen-bond donors (Lipinski definition) is 3. The molecule has 0 saturated carbocycles. The number of carbonyl (C=O) groups is 1. The largest absolute Gasteiger partial charge is 0.497 e. The van der Waals surface area contributed by atoms with Crippen molar-refractivity contribution in [1.29, 1.82) is 0 Å². The molecular formula is C23H33IN4O4. The molecule has 0 aliphatic rings. The van der Waals surface area contributed by atoms with E-state index < -0.39 is 0 Å². The number of aliphatic imine (C=N–C) groups is 1. The fraction of sp³-hybridized carbons (Fsp3) is 0.391. The van der Waals surface area contributed by atoms with Crippen molar-refractivity contribution in [2.24, 2.45) is 4.99 Å². The van der Waals surface area contributed by atoms with Crippen LogP contribution in [0.25, 0.3) is 0 Å². The van der Waals surface area contributed by atoms with Gasteiger partial charge in [0.1, 0.15) is 5.75 Å². The molecule has 0 bridgehead atoms. The Morgan fingerprint density at radius 2 is 1.66 bits per heavy atom. The molecule has 0 radical (unpaired) electrons. The van der Waals surface area contributed by atoms with Crippen LogP contribution in [-0.4, -0.2) is 59.4 Å². The van der Waals surface area contributed by atoms with E-state index >= 15 is 0 Å². The van der Waals surface area contributed by atoms with Crippen molar-refractivity contribution in [1.82, 2.24) is 16.0 Å². The molecule has 1 amide bonds. The minimum atomic E-state index is -0.143. The number of benzene rings is 2. The third-order valence-corrected chi connectivity index (χ3v) is 4.50. The summed E-state index contributed by atoms with van der Waals surface area (Å²) in [5.74, 6) is 2.64. The Kier molecular flexibility index (Phi) is 13.0. The zero-order chi connectivity index (χ0) is 22.5. The highest BCUT2D eigenvalue weighted by Crippen LogP contribution is 2.27. The smallest absolute Gasteiger partial charge is 0.251 e. The molecule has 0 atom stereocenters. The van der Waals surface area contributed by atoms with E-state index in [2.05, 4.69) is 20.9 Å². The lowest BCUT2D eigenvalue weighted by Gasteiger charge is -2.12. The predicted octanol–water partition coefficient (Wildman–Crippen LogP) is 2.86. The van der Waals surface area contributed by atoms with E-state index in [9.17, 15) is 4.79 Å². The highest BCUT2D eigenvalue weighted by Gasteiger charge is 2.07. The van der Waals surface area contributed by atoms with Gasteiger partial charge in [0.05, 0.1) is 21.3 Å². The van der Waals surface area contributed by atoms with Gasteiger partial charge in [0.15, 0.2) is 17.5 Å². The summed E-state index contributed by atoms with van der Waals surface area (Å²) >= 11 is 0. The number of hydrogen-bond acceptors (Lipinski definition) is 5. The van der Waals surface area contributed by atoms with Crippen LogP contribution in [-0.2, 0) is 6.42 Å². The summed E-state index contributed by atoms with van der Waals surface area (Å²) in [6.45, 7) is 4.39. The lowest BCUT2D eigenvalue weighted by Crippen LogP contribution is -2.41. The molecule has 0 unspecified atom stereocenters. The van der Waals surface area contributed by atoms with E-state index in [1.165, 1.54) is 0 Å². The zero-order valence-corrected chi connectivity index (χ0v) is 21.4. The first kappa shape index (κ1) is 27.3. The molecule has 2 rings (SSSR count). The van der Waals surface area contributed by atoms with Crippen LogP contribution in [0.5, 0.6) is 17.2 Å². The van der Waals surface area contributed by atoms with E-state index in [4.69, 9.17) is 14.2 Å². The maximum atomic E-state index is 12.3. The molecule has 9 heteroatoms. The summed E-state index contributed by atoms with van der Waals surface area (Å²) in [5, 5.41) is 9.33. The molecule has 32 heavy (non-hydrogen) atoms. The summed E-state index contributed by atoms with van der Waals surface area (Å²) in [6, 6.07) is 12.9. The van der Waals surface area contributed by atoms with Gasteiger partial charge < -0.3 is 30.2 Å².